The van der Waals surface area contributed by atoms with Gasteiger partial charge in [-0.1, -0.05) is 30.3 Å². The Morgan fingerprint density at radius 1 is 1.11 bits per heavy atom. The zero-order valence-corrected chi connectivity index (χ0v) is 17.0. The highest BCUT2D eigenvalue weighted by Gasteiger charge is 2.25. The van der Waals surface area contributed by atoms with Gasteiger partial charge in [0.05, 0.1) is 11.4 Å². The van der Waals surface area contributed by atoms with Gasteiger partial charge >= 0.3 is 0 Å². The molecule has 1 aliphatic heterocycles. The van der Waals surface area contributed by atoms with Crippen LogP contribution in [0.1, 0.15) is 16.1 Å². The lowest BCUT2D eigenvalue weighted by Crippen LogP contribution is -2.51. The Balaban J connectivity index is 1.50. The van der Waals surface area contributed by atoms with Crippen molar-refractivity contribution in [3.05, 3.63) is 46.7 Å². The highest BCUT2D eigenvalue weighted by Crippen LogP contribution is 2.29. The molecule has 28 heavy (non-hydrogen) atoms. The summed E-state index contributed by atoms with van der Waals surface area (Å²) in [6.07, 6.45) is 0.815. The minimum absolute atomic E-state index is 0.0282. The zero-order valence-electron chi connectivity index (χ0n) is 16.2. The summed E-state index contributed by atoms with van der Waals surface area (Å²) in [4.78, 5) is 29.8. The van der Waals surface area contributed by atoms with E-state index in [4.69, 9.17) is 4.74 Å². The number of hydrogen-bond acceptors (Lipinski definition) is 5. The molecule has 6 nitrogen and oxygen atoms in total. The van der Waals surface area contributed by atoms with Crippen molar-refractivity contribution in [3.63, 3.8) is 0 Å². The molecule has 150 valence electrons. The third-order valence-corrected chi connectivity index (χ3v) is 5.72. The molecule has 0 bridgehead atoms. The zero-order chi connectivity index (χ0) is 19.8. The van der Waals surface area contributed by atoms with Gasteiger partial charge in [0.2, 0.25) is 5.91 Å². The Morgan fingerprint density at radius 2 is 1.86 bits per heavy atom. The lowest BCUT2D eigenvalue weighted by Gasteiger charge is -2.34. The number of carbonyl (C=O) groups is 2. The van der Waals surface area contributed by atoms with Crippen LogP contribution in [0.25, 0.3) is 11.1 Å². The van der Waals surface area contributed by atoms with E-state index in [9.17, 15) is 9.59 Å². The first-order valence-electron chi connectivity index (χ1n) is 9.59. The number of ether oxygens (including phenoxy) is 1. The number of nitrogens with one attached hydrogen (secondary N) is 1. The third-order valence-electron chi connectivity index (χ3n) is 4.82. The minimum atomic E-state index is 0.0282. The topological polar surface area (TPSA) is 61.9 Å². The highest BCUT2D eigenvalue weighted by molar-refractivity contribution is 7.12. The quantitative estimate of drug-likeness (QED) is 0.690. The fourth-order valence-corrected chi connectivity index (χ4v) is 4.16. The largest absolute Gasteiger partial charge is 0.385 e. The van der Waals surface area contributed by atoms with Gasteiger partial charge in [-0.15, -0.1) is 11.3 Å². The normalized spacial score (nSPS) is 14.8. The molecule has 2 amide bonds. The second kappa shape index (κ2) is 10.4. The molecule has 1 aliphatic rings. The van der Waals surface area contributed by atoms with Crippen molar-refractivity contribution in [2.45, 2.75) is 6.42 Å². The number of benzene rings is 1. The summed E-state index contributed by atoms with van der Waals surface area (Å²) in [5, 5.41) is 4.88. The molecule has 1 saturated heterocycles. The van der Waals surface area contributed by atoms with Crippen molar-refractivity contribution in [3.8, 4) is 11.1 Å². The van der Waals surface area contributed by atoms with E-state index in [1.807, 2.05) is 46.7 Å². The SMILES string of the molecule is COCCCNC(=O)CN1CCN(C(=O)c2sccc2-c2ccccc2)CC1. The Labute approximate surface area is 170 Å². The number of thiophene rings is 1. The first-order valence-corrected chi connectivity index (χ1v) is 10.5. The summed E-state index contributed by atoms with van der Waals surface area (Å²) in [7, 11) is 1.65. The molecule has 0 unspecified atom stereocenters. The molecule has 0 spiro atoms. The molecular formula is C21H27N3O3S. The van der Waals surface area contributed by atoms with Crippen LogP contribution in [0, 0.1) is 0 Å². The third kappa shape index (κ3) is 5.41. The summed E-state index contributed by atoms with van der Waals surface area (Å²) in [5.74, 6) is 0.109. The van der Waals surface area contributed by atoms with Crippen LogP contribution in [0.15, 0.2) is 41.8 Å². The predicted octanol–water partition coefficient (Wildman–Crippen LogP) is 2.33. The Hall–Kier alpha value is -2.22. The van der Waals surface area contributed by atoms with Crippen molar-refractivity contribution >= 4 is 23.2 Å². The summed E-state index contributed by atoms with van der Waals surface area (Å²) in [5.41, 5.74) is 2.06. The average Bonchev–Trinajstić information content (AvgIpc) is 3.22. The maximum Gasteiger partial charge on any atom is 0.264 e. The maximum absolute atomic E-state index is 13.0. The molecule has 2 aromatic rings. The summed E-state index contributed by atoms with van der Waals surface area (Å²) >= 11 is 1.49. The van der Waals surface area contributed by atoms with E-state index in [1.165, 1.54) is 11.3 Å². The van der Waals surface area contributed by atoms with Crippen molar-refractivity contribution in [2.24, 2.45) is 0 Å². The van der Waals surface area contributed by atoms with Gasteiger partial charge in [-0.25, -0.2) is 0 Å². The van der Waals surface area contributed by atoms with E-state index >= 15 is 0 Å². The highest BCUT2D eigenvalue weighted by atomic mass is 32.1. The Morgan fingerprint density at radius 3 is 2.57 bits per heavy atom. The van der Waals surface area contributed by atoms with Gasteiger partial charge in [-0.2, -0.15) is 0 Å². The number of rotatable bonds is 8. The van der Waals surface area contributed by atoms with Crippen LogP contribution in [0.2, 0.25) is 0 Å². The van der Waals surface area contributed by atoms with Gasteiger partial charge in [-0.3, -0.25) is 14.5 Å². The van der Waals surface area contributed by atoms with E-state index < -0.39 is 0 Å². The van der Waals surface area contributed by atoms with Crippen molar-refractivity contribution in [2.75, 3.05) is 53.0 Å². The van der Waals surface area contributed by atoms with Gasteiger partial charge in [0.1, 0.15) is 0 Å². The molecule has 0 saturated carbocycles. The Bertz CT molecular complexity index is 770. The second-order valence-electron chi connectivity index (χ2n) is 6.79. The van der Waals surface area contributed by atoms with Crippen molar-refractivity contribution in [1.82, 2.24) is 15.1 Å². The van der Waals surface area contributed by atoms with E-state index in [0.29, 0.717) is 45.9 Å². The number of methoxy groups -OCH3 is 1. The first kappa shape index (κ1) is 20.5. The van der Waals surface area contributed by atoms with Crippen molar-refractivity contribution in [1.29, 1.82) is 0 Å². The molecule has 1 fully saturated rings. The number of carbonyl (C=O) groups excluding carboxylic acids is 2. The molecule has 0 atom stereocenters. The average molecular weight is 402 g/mol. The molecule has 2 heterocycles. The van der Waals surface area contributed by atoms with Crippen LogP contribution < -0.4 is 5.32 Å². The maximum atomic E-state index is 13.0. The number of hydrogen-bond donors (Lipinski definition) is 1. The standard InChI is InChI=1S/C21H27N3O3S/c1-27-14-5-9-22-19(25)16-23-10-12-24(13-11-23)21(26)20-18(8-15-28-20)17-6-3-2-4-7-17/h2-4,6-8,15H,5,9-14,16H2,1H3,(H,22,25). The molecule has 1 N–H and O–H groups in total. The summed E-state index contributed by atoms with van der Waals surface area (Å²) < 4.78 is 4.98. The predicted molar refractivity (Wildman–Crippen MR) is 112 cm³/mol. The van der Waals surface area contributed by atoms with Gasteiger partial charge < -0.3 is 15.0 Å². The van der Waals surface area contributed by atoms with E-state index in [2.05, 4.69) is 10.2 Å². The van der Waals surface area contributed by atoms with E-state index in [1.54, 1.807) is 7.11 Å². The molecule has 1 aromatic carbocycles. The lowest BCUT2D eigenvalue weighted by molar-refractivity contribution is -0.122. The Kier molecular flexibility index (Phi) is 7.59. The monoisotopic (exact) mass is 401 g/mol. The van der Waals surface area contributed by atoms with Crippen LogP contribution >= 0.6 is 11.3 Å². The van der Waals surface area contributed by atoms with Crippen LogP contribution in [0.5, 0.6) is 0 Å². The van der Waals surface area contributed by atoms with Crippen LogP contribution in [0.4, 0.5) is 0 Å². The first-order chi connectivity index (χ1) is 13.7. The second-order valence-corrected chi connectivity index (χ2v) is 7.71. The molecule has 3 rings (SSSR count). The number of nitrogens with zero attached hydrogens (tertiary/aromatic N) is 2. The fourth-order valence-electron chi connectivity index (χ4n) is 3.28. The van der Waals surface area contributed by atoms with E-state index in [-0.39, 0.29) is 11.8 Å². The van der Waals surface area contributed by atoms with Crippen LogP contribution in [-0.4, -0.2) is 74.6 Å². The van der Waals surface area contributed by atoms with Gasteiger partial charge in [-0.05, 0) is 23.4 Å². The van der Waals surface area contributed by atoms with Gasteiger partial charge in [0.15, 0.2) is 0 Å². The smallest absolute Gasteiger partial charge is 0.264 e. The molecule has 0 radical (unpaired) electrons. The molecule has 7 heteroatoms. The molecule has 1 aromatic heterocycles. The number of amides is 2. The lowest BCUT2D eigenvalue weighted by atomic mass is 10.1. The fraction of sp³-hybridized carbons (Fsp3) is 0.429. The molecular weight excluding hydrogens is 374 g/mol. The van der Waals surface area contributed by atoms with Crippen LogP contribution in [0.3, 0.4) is 0 Å². The summed E-state index contributed by atoms with van der Waals surface area (Å²) in [6.45, 7) is 4.36. The van der Waals surface area contributed by atoms with Gasteiger partial charge in [0, 0.05) is 52.0 Å². The van der Waals surface area contributed by atoms with Gasteiger partial charge in [0.25, 0.3) is 5.91 Å². The number of piperazine rings is 1. The van der Waals surface area contributed by atoms with Crippen LogP contribution in [-0.2, 0) is 9.53 Å². The van der Waals surface area contributed by atoms with Crippen molar-refractivity contribution < 1.29 is 14.3 Å². The minimum Gasteiger partial charge on any atom is -0.385 e. The van der Waals surface area contributed by atoms with E-state index in [0.717, 1.165) is 22.4 Å². The summed E-state index contributed by atoms with van der Waals surface area (Å²) in [6, 6.07) is 12.0. The molecule has 0 aliphatic carbocycles.